The van der Waals surface area contributed by atoms with Gasteiger partial charge < -0.3 is 10.6 Å². The predicted molar refractivity (Wildman–Crippen MR) is 95.8 cm³/mol. The number of nitrogens with one attached hydrogen (secondary N) is 2. The fourth-order valence-electron chi connectivity index (χ4n) is 2.02. The van der Waals surface area contributed by atoms with Gasteiger partial charge in [0.1, 0.15) is 10.6 Å². The minimum Gasteiger partial charge on any atom is -0.369 e. The molecule has 4 nitrogen and oxygen atoms in total. The Morgan fingerprint density at radius 3 is 2.86 bits per heavy atom. The first-order chi connectivity index (χ1) is 10.3. The van der Waals surface area contributed by atoms with Crippen molar-refractivity contribution < 1.29 is 0 Å². The second kappa shape index (κ2) is 6.72. The molecule has 0 saturated carbocycles. The van der Waals surface area contributed by atoms with E-state index in [1.807, 2.05) is 6.92 Å². The summed E-state index contributed by atoms with van der Waals surface area (Å²) in [6, 6.07) is 6.31. The summed E-state index contributed by atoms with van der Waals surface area (Å²) in [6.07, 6.45) is 0.989. The van der Waals surface area contributed by atoms with Gasteiger partial charge in [-0.25, -0.2) is 4.98 Å². The van der Waals surface area contributed by atoms with Gasteiger partial charge in [-0.3, -0.25) is 0 Å². The molecule has 0 radical (unpaired) electrons. The van der Waals surface area contributed by atoms with Crippen molar-refractivity contribution in [2.45, 2.75) is 13.3 Å². The lowest BCUT2D eigenvalue weighted by atomic mass is 10.3. The first-order valence-corrected chi connectivity index (χ1v) is 9.22. The molecular formula is C14H15BrN4S2. The molecule has 0 aliphatic rings. The number of fused-ring (bicyclic) bond motifs is 1. The third-order valence-corrected chi connectivity index (χ3v) is 5.44. The average molecular weight is 383 g/mol. The summed E-state index contributed by atoms with van der Waals surface area (Å²) in [4.78, 5) is 11.4. The lowest BCUT2D eigenvalue weighted by molar-refractivity contribution is 1.02. The van der Waals surface area contributed by atoms with Gasteiger partial charge in [-0.2, -0.15) is 4.98 Å². The average Bonchev–Trinajstić information content (AvgIpc) is 3.08. The molecule has 21 heavy (non-hydrogen) atoms. The van der Waals surface area contributed by atoms with E-state index in [0.717, 1.165) is 35.5 Å². The maximum absolute atomic E-state index is 4.57. The van der Waals surface area contributed by atoms with Crippen LogP contribution in [0.4, 0.5) is 11.8 Å². The van der Waals surface area contributed by atoms with Crippen molar-refractivity contribution in [1.82, 2.24) is 9.97 Å². The Morgan fingerprint density at radius 2 is 2.10 bits per heavy atom. The normalized spacial score (nSPS) is 11.0. The van der Waals surface area contributed by atoms with Gasteiger partial charge >= 0.3 is 0 Å². The Hall–Kier alpha value is -1.18. The topological polar surface area (TPSA) is 49.8 Å². The van der Waals surface area contributed by atoms with Gasteiger partial charge in [0.2, 0.25) is 5.95 Å². The Balaban J connectivity index is 1.74. The summed E-state index contributed by atoms with van der Waals surface area (Å²) in [7, 11) is 0. The standard InChI is InChI=1S/C14H15BrN4S2/c1-2-16-14-18-12(10-6-8-20-13(10)19-14)17-7-5-9-3-4-11(15)21-9/h3-4,6,8H,2,5,7H2,1H3,(H2,16,17,18,19). The Labute approximate surface area is 139 Å². The van der Waals surface area contributed by atoms with E-state index in [1.54, 1.807) is 22.7 Å². The molecule has 2 N–H and O–H groups in total. The van der Waals surface area contributed by atoms with Gasteiger partial charge in [0, 0.05) is 18.0 Å². The van der Waals surface area contributed by atoms with Gasteiger partial charge in [0.05, 0.1) is 9.17 Å². The molecular weight excluding hydrogens is 368 g/mol. The molecule has 0 aromatic carbocycles. The van der Waals surface area contributed by atoms with Gasteiger partial charge in [0.15, 0.2) is 0 Å². The zero-order chi connectivity index (χ0) is 14.7. The number of rotatable bonds is 6. The van der Waals surface area contributed by atoms with Crippen LogP contribution in [0, 0.1) is 0 Å². The van der Waals surface area contributed by atoms with E-state index in [-0.39, 0.29) is 0 Å². The van der Waals surface area contributed by atoms with Crippen molar-refractivity contribution in [2.75, 3.05) is 23.7 Å². The van der Waals surface area contributed by atoms with E-state index in [2.05, 4.69) is 60.1 Å². The molecule has 0 atom stereocenters. The SMILES string of the molecule is CCNc1nc(NCCc2ccc(Br)s2)c2ccsc2n1. The summed E-state index contributed by atoms with van der Waals surface area (Å²) >= 11 is 6.91. The number of nitrogens with zero attached hydrogens (tertiary/aromatic N) is 2. The van der Waals surface area contributed by atoms with Crippen molar-refractivity contribution >= 4 is 60.6 Å². The molecule has 0 bridgehead atoms. The molecule has 0 saturated heterocycles. The highest BCUT2D eigenvalue weighted by Crippen LogP contribution is 2.27. The highest BCUT2D eigenvalue weighted by atomic mass is 79.9. The van der Waals surface area contributed by atoms with Crippen LogP contribution < -0.4 is 10.6 Å². The molecule has 0 unspecified atom stereocenters. The Kier molecular flexibility index (Phi) is 4.72. The lowest BCUT2D eigenvalue weighted by Gasteiger charge is -2.08. The molecule has 0 aliphatic heterocycles. The van der Waals surface area contributed by atoms with Crippen molar-refractivity contribution in [1.29, 1.82) is 0 Å². The monoisotopic (exact) mass is 382 g/mol. The molecule has 0 amide bonds. The largest absolute Gasteiger partial charge is 0.369 e. The first-order valence-electron chi connectivity index (χ1n) is 6.73. The summed E-state index contributed by atoms with van der Waals surface area (Å²) in [5.74, 6) is 1.60. The highest BCUT2D eigenvalue weighted by molar-refractivity contribution is 9.11. The van der Waals surface area contributed by atoms with E-state index in [1.165, 1.54) is 8.66 Å². The van der Waals surface area contributed by atoms with Gasteiger partial charge in [-0.1, -0.05) is 0 Å². The van der Waals surface area contributed by atoms with E-state index < -0.39 is 0 Å². The second-order valence-corrected chi connectivity index (χ2v) is 7.89. The fourth-order valence-corrected chi connectivity index (χ4v) is 4.26. The molecule has 7 heteroatoms. The third kappa shape index (κ3) is 3.53. The van der Waals surface area contributed by atoms with E-state index >= 15 is 0 Å². The molecule has 3 aromatic heterocycles. The second-order valence-electron chi connectivity index (χ2n) is 4.45. The van der Waals surface area contributed by atoms with Crippen LogP contribution in [0.15, 0.2) is 27.4 Å². The predicted octanol–water partition coefficient (Wildman–Crippen LogP) is 4.60. The zero-order valence-electron chi connectivity index (χ0n) is 11.5. The van der Waals surface area contributed by atoms with Crippen molar-refractivity contribution in [3.8, 4) is 0 Å². The highest BCUT2D eigenvalue weighted by Gasteiger charge is 2.08. The molecule has 0 spiro atoms. The smallest absolute Gasteiger partial charge is 0.226 e. The van der Waals surface area contributed by atoms with Crippen LogP contribution in [-0.2, 0) is 6.42 Å². The van der Waals surface area contributed by atoms with Crippen LogP contribution in [0.3, 0.4) is 0 Å². The number of aromatic nitrogens is 2. The summed E-state index contributed by atoms with van der Waals surface area (Å²) in [5.41, 5.74) is 0. The minimum atomic E-state index is 0.689. The van der Waals surface area contributed by atoms with Crippen LogP contribution in [-0.4, -0.2) is 23.1 Å². The van der Waals surface area contributed by atoms with Gasteiger partial charge in [0.25, 0.3) is 0 Å². The van der Waals surface area contributed by atoms with Crippen LogP contribution in [0.5, 0.6) is 0 Å². The molecule has 3 aromatic rings. The van der Waals surface area contributed by atoms with Crippen molar-refractivity contribution in [3.05, 3.63) is 32.2 Å². The van der Waals surface area contributed by atoms with Crippen LogP contribution in [0.25, 0.3) is 10.2 Å². The zero-order valence-corrected chi connectivity index (χ0v) is 14.7. The number of thiophene rings is 2. The van der Waals surface area contributed by atoms with E-state index in [4.69, 9.17) is 0 Å². The van der Waals surface area contributed by atoms with Gasteiger partial charge in [-0.05, 0) is 52.9 Å². The maximum atomic E-state index is 4.57. The van der Waals surface area contributed by atoms with Gasteiger partial charge in [-0.15, -0.1) is 22.7 Å². The molecule has 0 fully saturated rings. The van der Waals surface area contributed by atoms with E-state index in [9.17, 15) is 0 Å². The first kappa shape index (κ1) is 14.7. The number of hydrogen-bond donors (Lipinski definition) is 2. The fraction of sp³-hybridized carbons (Fsp3) is 0.286. The maximum Gasteiger partial charge on any atom is 0.226 e. The Bertz CT molecular complexity index is 737. The lowest BCUT2D eigenvalue weighted by Crippen LogP contribution is -2.09. The Morgan fingerprint density at radius 1 is 1.19 bits per heavy atom. The molecule has 0 aliphatic carbocycles. The molecule has 110 valence electrons. The third-order valence-electron chi connectivity index (χ3n) is 2.95. The van der Waals surface area contributed by atoms with Crippen LogP contribution in [0.2, 0.25) is 0 Å². The molecule has 3 rings (SSSR count). The summed E-state index contributed by atoms with van der Waals surface area (Å²) in [6.45, 7) is 3.73. The number of anilines is 2. The van der Waals surface area contributed by atoms with Crippen LogP contribution in [0.1, 0.15) is 11.8 Å². The van der Waals surface area contributed by atoms with Crippen LogP contribution >= 0.6 is 38.6 Å². The van der Waals surface area contributed by atoms with E-state index in [0.29, 0.717) is 5.95 Å². The minimum absolute atomic E-state index is 0.689. The number of halogens is 1. The van der Waals surface area contributed by atoms with Crippen molar-refractivity contribution in [2.24, 2.45) is 0 Å². The number of hydrogen-bond acceptors (Lipinski definition) is 6. The molecule has 3 heterocycles. The quantitative estimate of drug-likeness (QED) is 0.653. The summed E-state index contributed by atoms with van der Waals surface area (Å²) < 4.78 is 1.18. The van der Waals surface area contributed by atoms with Crippen molar-refractivity contribution in [3.63, 3.8) is 0 Å². The summed E-state index contributed by atoms with van der Waals surface area (Å²) in [5, 5.41) is 9.76.